The van der Waals surface area contributed by atoms with Gasteiger partial charge in [0.25, 0.3) is 16.6 Å². The molecule has 0 aliphatic carbocycles. The number of hydrogen-bond donors (Lipinski definition) is 1. The molecule has 0 radical (unpaired) electrons. The van der Waals surface area contributed by atoms with Gasteiger partial charge >= 0.3 is 5.90 Å². The SMILES string of the molecule is C[N+]1=C(c2ccccc2C[n+]2cccc3ccc4ccc[n+](C)c4c32)OCC1.S[n+]1cccc2ccc3cccnc3c21. The van der Waals surface area contributed by atoms with Crippen LogP contribution in [0.25, 0.3) is 43.6 Å². The van der Waals surface area contributed by atoms with Crippen molar-refractivity contribution < 1.29 is 22.4 Å². The molecule has 0 saturated heterocycles. The van der Waals surface area contributed by atoms with E-state index in [-0.39, 0.29) is 0 Å². The Bertz CT molecular complexity index is 2190. The van der Waals surface area contributed by atoms with E-state index in [4.69, 9.17) is 4.74 Å². The van der Waals surface area contributed by atoms with Crippen LogP contribution in [0.5, 0.6) is 0 Å². The zero-order valence-electron chi connectivity index (χ0n) is 24.3. The minimum absolute atomic E-state index is 0.752. The molecule has 0 atom stereocenters. The Morgan fingerprint density at radius 3 is 2.16 bits per heavy atom. The van der Waals surface area contributed by atoms with Crippen LogP contribution >= 0.6 is 12.8 Å². The van der Waals surface area contributed by atoms with Crippen molar-refractivity contribution >= 4 is 62.3 Å². The summed E-state index contributed by atoms with van der Waals surface area (Å²) in [5.41, 5.74) is 6.99. The van der Waals surface area contributed by atoms with Crippen molar-refractivity contribution in [1.82, 2.24) is 4.98 Å². The first-order valence-electron chi connectivity index (χ1n) is 14.4. The zero-order valence-corrected chi connectivity index (χ0v) is 25.2. The third-order valence-corrected chi connectivity index (χ3v) is 8.43. The Morgan fingerprint density at radius 2 is 1.37 bits per heavy atom. The molecule has 0 bridgehead atoms. The van der Waals surface area contributed by atoms with Crippen LogP contribution in [0, 0.1) is 0 Å². The Hall–Kier alpha value is -4.88. The van der Waals surface area contributed by atoms with Crippen molar-refractivity contribution in [3.63, 3.8) is 0 Å². The van der Waals surface area contributed by atoms with E-state index < -0.39 is 0 Å². The molecule has 0 saturated carbocycles. The number of pyridine rings is 4. The van der Waals surface area contributed by atoms with Crippen molar-refractivity contribution in [2.45, 2.75) is 6.54 Å². The van der Waals surface area contributed by atoms with E-state index in [1.54, 1.807) is 0 Å². The van der Waals surface area contributed by atoms with Crippen molar-refractivity contribution in [3.05, 3.63) is 133 Å². The van der Waals surface area contributed by atoms with Gasteiger partial charge in [-0.05, 0) is 48.5 Å². The van der Waals surface area contributed by atoms with Crippen molar-refractivity contribution in [2.75, 3.05) is 20.2 Å². The molecule has 4 aromatic heterocycles. The van der Waals surface area contributed by atoms with E-state index >= 15 is 0 Å². The predicted octanol–water partition coefficient (Wildman–Crippen LogP) is 4.94. The Labute approximate surface area is 255 Å². The van der Waals surface area contributed by atoms with Gasteiger partial charge in [0.1, 0.15) is 32.4 Å². The summed E-state index contributed by atoms with van der Waals surface area (Å²) in [6, 6.07) is 33.8. The lowest BCUT2D eigenvalue weighted by Gasteiger charge is -2.07. The molecule has 0 spiro atoms. The highest BCUT2D eigenvalue weighted by Gasteiger charge is 2.27. The molecule has 0 amide bonds. The predicted molar refractivity (Wildman–Crippen MR) is 173 cm³/mol. The molecule has 43 heavy (non-hydrogen) atoms. The lowest BCUT2D eigenvalue weighted by molar-refractivity contribution is -0.674. The van der Waals surface area contributed by atoms with Gasteiger partial charge < -0.3 is 4.74 Å². The summed E-state index contributed by atoms with van der Waals surface area (Å²) in [6.07, 6.45) is 8.02. The van der Waals surface area contributed by atoms with Gasteiger partial charge in [0, 0.05) is 40.7 Å². The highest BCUT2D eigenvalue weighted by molar-refractivity contribution is 7.73. The minimum Gasteiger partial charge on any atom is -0.438 e. The number of fused-ring (bicyclic) bond motifs is 6. The molecule has 6 nitrogen and oxygen atoms in total. The molecule has 8 rings (SSSR count). The monoisotopic (exact) mass is 583 g/mol. The van der Waals surface area contributed by atoms with Crippen molar-refractivity contribution in [3.8, 4) is 0 Å². The van der Waals surface area contributed by atoms with E-state index in [0.717, 1.165) is 47.4 Å². The van der Waals surface area contributed by atoms with Crippen LogP contribution in [0.2, 0.25) is 0 Å². The fourth-order valence-electron chi connectivity index (χ4n) is 6.01. The largest absolute Gasteiger partial charge is 0.438 e. The number of hydrogen-bond acceptors (Lipinski definition) is 3. The van der Waals surface area contributed by atoms with Crippen LogP contribution in [0.1, 0.15) is 11.1 Å². The second-order valence-corrected chi connectivity index (χ2v) is 11.3. The first kappa shape index (κ1) is 27.0. The lowest BCUT2D eigenvalue weighted by Crippen LogP contribution is -2.39. The Balaban J connectivity index is 0.000000168. The Kier molecular flexibility index (Phi) is 7.17. The third kappa shape index (κ3) is 5.06. The number of nitrogens with zero attached hydrogens (tertiary/aromatic N) is 5. The standard InChI is InChI=1S/C24H24N3O.C12H9N2S/c1-25-13-5-8-18-11-12-19-9-6-14-27(23(19)22(18)25)17-20-7-3-4-10-21(20)24-26(2)15-16-28-24;15-14-8-2-4-10-6-5-9-3-1-7-13-11(9)12(10)14/h3-14H,15-17H2,1-2H3;1-8,15H/q+3;+1. The first-order chi connectivity index (χ1) is 21.1. The molecular formula is C36H33N5OS+4. The summed E-state index contributed by atoms with van der Waals surface area (Å²) < 4.78 is 14.5. The molecule has 0 N–H and O–H groups in total. The van der Waals surface area contributed by atoms with Gasteiger partial charge in [0.05, 0.1) is 16.3 Å². The number of likely N-dealkylation sites (N-methyl/N-ethyl adjacent to an activating group) is 1. The van der Waals surface area contributed by atoms with E-state index in [2.05, 4.69) is 143 Å². The molecule has 210 valence electrons. The van der Waals surface area contributed by atoms with E-state index in [0.29, 0.717) is 0 Å². The van der Waals surface area contributed by atoms with Crippen LogP contribution in [-0.4, -0.2) is 35.7 Å². The molecule has 1 aliphatic heterocycles. The maximum atomic E-state index is 5.94. The number of benzene rings is 3. The van der Waals surface area contributed by atoms with Gasteiger partial charge in [-0.15, -0.1) is 3.97 Å². The van der Waals surface area contributed by atoms with Crippen LogP contribution in [0.4, 0.5) is 0 Å². The highest BCUT2D eigenvalue weighted by Crippen LogP contribution is 2.22. The van der Waals surface area contributed by atoms with Gasteiger partial charge in [0.2, 0.25) is 0 Å². The summed E-state index contributed by atoms with van der Waals surface area (Å²) in [5.74, 6) is 0.979. The molecule has 0 fully saturated rings. The average molecular weight is 584 g/mol. The van der Waals surface area contributed by atoms with Crippen LogP contribution in [0.15, 0.2) is 122 Å². The molecule has 0 unspecified atom stereocenters. The van der Waals surface area contributed by atoms with E-state index in [1.165, 1.54) is 32.9 Å². The summed E-state index contributed by atoms with van der Waals surface area (Å²) in [7, 11) is 4.21. The highest BCUT2D eigenvalue weighted by atomic mass is 32.1. The van der Waals surface area contributed by atoms with Gasteiger partial charge in [-0.25, -0.2) is 4.98 Å². The van der Waals surface area contributed by atoms with Crippen molar-refractivity contribution in [2.24, 2.45) is 7.05 Å². The fourth-order valence-corrected chi connectivity index (χ4v) is 6.29. The third-order valence-electron chi connectivity index (χ3n) is 8.09. The molecule has 3 aromatic carbocycles. The minimum atomic E-state index is 0.752. The molecule has 1 aliphatic rings. The summed E-state index contributed by atoms with van der Waals surface area (Å²) in [5, 5.41) is 4.79. The topological polar surface area (TPSA) is 36.8 Å². The number of rotatable bonds is 3. The summed E-state index contributed by atoms with van der Waals surface area (Å²) in [4.78, 5) is 4.40. The zero-order chi connectivity index (χ0) is 29.3. The van der Waals surface area contributed by atoms with Crippen LogP contribution in [-0.2, 0) is 18.3 Å². The number of ether oxygens (including phenoxy) is 1. The second-order valence-electron chi connectivity index (χ2n) is 10.9. The maximum Gasteiger partial charge on any atom is 0.370 e. The number of thiol groups is 1. The lowest BCUT2D eigenvalue weighted by atomic mass is 10.1. The molecule has 7 aromatic rings. The molecule has 5 heterocycles. The average Bonchev–Trinajstić information content (AvgIpc) is 3.47. The first-order valence-corrected chi connectivity index (χ1v) is 14.8. The van der Waals surface area contributed by atoms with Crippen LogP contribution < -0.4 is 13.1 Å². The van der Waals surface area contributed by atoms with Crippen molar-refractivity contribution in [1.29, 1.82) is 0 Å². The molecular weight excluding hydrogens is 550 g/mol. The maximum absolute atomic E-state index is 5.94. The number of aromatic nitrogens is 4. The Morgan fingerprint density at radius 1 is 0.698 bits per heavy atom. The van der Waals surface area contributed by atoms with E-state index in [1.807, 2.05) is 28.5 Å². The quantitative estimate of drug-likeness (QED) is 0.182. The summed E-state index contributed by atoms with van der Waals surface area (Å²) in [6.45, 7) is 2.48. The van der Waals surface area contributed by atoms with Crippen LogP contribution in [0.3, 0.4) is 0 Å². The molecule has 7 heteroatoms. The van der Waals surface area contributed by atoms with Gasteiger partial charge in [-0.1, -0.05) is 30.3 Å². The smallest absolute Gasteiger partial charge is 0.370 e. The summed E-state index contributed by atoms with van der Waals surface area (Å²) >= 11 is 4.40. The van der Waals surface area contributed by atoms with E-state index in [9.17, 15) is 0 Å². The second kappa shape index (κ2) is 11.4. The normalized spacial score (nSPS) is 13.0. The van der Waals surface area contributed by atoms with Gasteiger partial charge in [-0.3, -0.25) is 0 Å². The van der Waals surface area contributed by atoms with Gasteiger partial charge in [0.15, 0.2) is 38.3 Å². The van der Waals surface area contributed by atoms with Gasteiger partial charge in [-0.2, -0.15) is 13.7 Å². The fraction of sp³-hybridized carbons (Fsp3) is 0.139. The number of aryl methyl sites for hydroxylation is 1.